The highest BCUT2D eigenvalue weighted by Crippen LogP contribution is 2.38. The van der Waals surface area contributed by atoms with E-state index in [1.807, 2.05) is 0 Å². The summed E-state index contributed by atoms with van der Waals surface area (Å²) in [5.41, 5.74) is 0.377. The maximum Gasteiger partial charge on any atom is 0.193 e. The Hall–Kier alpha value is -0.810. The molecule has 2 fully saturated rings. The molecule has 0 aromatic heterocycles. The largest absolute Gasteiger partial charge is 0.381 e. The third-order valence-electron chi connectivity index (χ3n) is 5.06. The average Bonchev–Trinajstić information content (AvgIpc) is 3.16. The van der Waals surface area contributed by atoms with E-state index in [9.17, 15) is 0 Å². The standard InChI is InChI=1S/C18H35N3O2/c1-5-19-17(20-10-7-16(15(3)4)23-6-2)21-11-8-18(13-21)9-12-22-14-18/h15-16H,5-14H2,1-4H3,(H,19,20). The molecular formula is C18H35N3O2. The lowest BCUT2D eigenvalue weighted by molar-refractivity contribution is 0.0266. The monoisotopic (exact) mass is 325 g/mol. The normalized spacial score (nSPS) is 26.5. The van der Waals surface area contributed by atoms with Gasteiger partial charge in [-0.1, -0.05) is 13.8 Å². The van der Waals surface area contributed by atoms with Gasteiger partial charge in [0.15, 0.2) is 5.96 Å². The number of hydrogen-bond donors (Lipinski definition) is 1. The van der Waals surface area contributed by atoms with Gasteiger partial charge in [0.1, 0.15) is 0 Å². The summed E-state index contributed by atoms with van der Waals surface area (Å²) < 4.78 is 11.5. The van der Waals surface area contributed by atoms with Gasteiger partial charge >= 0.3 is 0 Å². The van der Waals surface area contributed by atoms with Crippen LogP contribution in [0.4, 0.5) is 0 Å². The Morgan fingerprint density at radius 1 is 1.35 bits per heavy atom. The van der Waals surface area contributed by atoms with Crippen LogP contribution in [-0.2, 0) is 9.47 Å². The van der Waals surface area contributed by atoms with Gasteiger partial charge in [0.25, 0.3) is 0 Å². The van der Waals surface area contributed by atoms with Crippen molar-refractivity contribution in [2.75, 3.05) is 46.0 Å². The molecular weight excluding hydrogens is 290 g/mol. The maximum absolute atomic E-state index is 5.83. The van der Waals surface area contributed by atoms with Gasteiger partial charge in [0.05, 0.1) is 12.7 Å². The van der Waals surface area contributed by atoms with Crippen LogP contribution in [0.1, 0.15) is 47.0 Å². The zero-order valence-corrected chi connectivity index (χ0v) is 15.4. The molecule has 0 bridgehead atoms. The highest BCUT2D eigenvalue weighted by Gasteiger charge is 2.42. The predicted octanol–water partition coefficient (Wildman–Crippen LogP) is 2.52. The summed E-state index contributed by atoms with van der Waals surface area (Å²) in [6.45, 7) is 15.2. The summed E-state index contributed by atoms with van der Waals surface area (Å²) in [6, 6.07) is 0. The Balaban J connectivity index is 1.90. The lowest BCUT2D eigenvalue weighted by Crippen LogP contribution is -2.41. The Labute approximate surface area is 141 Å². The molecule has 1 N–H and O–H groups in total. The van der Waals surface area contributed by atoms with Crippen molar-refractivity contribution in [3.8, 4) is 0 Å². The molecule has 2 aliphatic heterocycles. The summed E-state index contributed by atoms with van der Waals surface area (Å²) in [6.07, 6.45) is 3.72. The molecule has 2 aliphatic rings. The topological polar surface area (TPSA) is 46.1 Å². The van der Waals surface area contributed by atoms with E-state index in [4.69, 9.17) is 14.5 Å². The number of aliphatic imine (C=N–C) groups is 1. The van der Waals surface area contributed by atoms with Crippen molar-refractivity contribution in [1.82, 2.24) is 10.2 Å². The number of likely N-dealkylation sites (tertiary alicyclic amines) is 1. The first-order valence-electron chi connectivity index (χ1n) is 9.33. The third kappa shape index (κ3) is 5.08. The van der Waals surface area contributed by atoms with E-state index >= 15 is 0 Å². The fraction of sp³-hybridized carbons (Fsp3) is 0.944. The van der Waals surface area contributed by atoms with Gasteiger partial charge in [-0.25, -0.2) is 0 Å². The van der Waals surface area contributed by atoms with E-state index in [0.29, 0.717) is 17.4 Å². The highest BCUT2D eigenvalue weighted by atomic mass is 16.5. The molecule has 1 spiro atoms. The molecule has 5 heteroatoms. The lowest BCUT2D eigenvalue weighted by atomic mass is 9.87. The summed E-state index contributed by atoms with van der Waals surface area (Å²) in [5.74, 6) is 1.61. The second-order valence-electron chi connectivity index (χ2n) is 7.24. The molecule has 2 rings (SSSR count). The van der Waals surface area contributed by atoms with Crippen molar-refractivity contribution < 1.29 is 9.47 Å². The zero-order chi connectivity index (χ0) is 16.7. The maximum atomic E-state index is 5.83. The van der Waals surface area contributed by atoms with Gasteiger partial charge in [-0.15, -0.1) is 0 Å². The van der Waals surface area contributed by atoms with E-state index in [-0.39, 0.29) is 0 Å². The molecule has 134 valence electrons. The van der Waals surface area contributed by atoms with Crippen LogP contribution in [0, 0.1) is 11.3 Å². The van der Waals surface area contributed by atoms with Crippen molar-refractivity contribution >= 4 is 5.96 Å². The first-order chi connectivity index (χ1) is 11.1. The number of hydrogen-bond acceptors (Lipinski definition) is 3. The number of guanidine groups is 1. The van der Waals surface area contributed by atoms with E-state index in [1.165, 1.54) is 12.8 Å². The molecule has 0 aromatic carbocycles. The average molecular weight is 325 g/mol. The molecule has 0 amide bonds. The molecule has 0 aromatic rings. The van der Waals surface area contributed by atoms with E-state index in [0.717, 1.165) is 58.4 Å². The number of nitrogens with one attached hydrogen (secondary N) is 1. The van der Waals surface area contributed by atoms with Crippen LogP contribution in [0.3, 0.4) is 0 Å². The molecule has 0 aliphatic carbocycles. The predicted molar refractivity (Wildman–Crippen MR) is 94.9 cm³/mol. The van der Waals surface area contributed by atoms with Crippen LogP contribution < -0.4 is 5.32 Å². The molecule has 5 nitrogen and oxygen atoms in total. The highest BCUT2D eigenvalue weighted by molar-refractivity contribution is 5.80. The third-order valence-corrected chi connectivity index (χ3v) is 5.06. The second-order valence-corrected chi connectivity index (χ2v) is 7.24. The van der Waals surface area contributed by atoms with Gasteiger partial charge in [0.2, 0.25) is 0 Å². The Morgan fingerprint density at radius 3 is 2.78 bits per heavy atom. The Morgan fingerprint density at radius 2 is 2.17 bits per heavy atom. The second kappa shape index (κ2) is 8.88. The van der Waals surface area contributed by atoms with Crippen LogP contribution in [0.25, 0.3) is 0 Å². The number of ether oxygens (including phenoxy) is 2. The molecule has 2 heterocycles. The Bertz CT molecular complexity index is 378. The van der Waals surface area contributed by atoms with E-state index in [2.05, 4.69) is 37.9 Å². The van der Waals surface area contributed by atoms with Crippen molar-refractivity contribution in [2.24, 2.45) is 16.3 Å². The van der Waals surface area contributed by atoms with Crippen molar-refractivity contribution in [3.05, 3.63) is 0 Å². The SMILES string of the molecule is CCNC(=NCCC(OCC)C(C)C)N1CCC2(CCOC2)C1. The van der Waals surface area contributed by atoms with Gasteiger partial charge < -0.3 is 19.7 Å². The van der Waals surface area contributed by atoms with Crippen LogP contribution >= 0.6 is 0 Å². The van der Waals surface area contributed by atoms with Crippen molar-refractivity contribution in [1.29, 1.82) is 0 Å². The van der Waals surface area contributed by atoms with Crippen LogP contribution in [0.2, 0.25) is 0 Å². The van der Waals surface area contributed by atoms with Crippen LogP contribution in [0.5, 0.6) is 0 Å². The molecule has 23 heavy (non-hydrogen) atoms. The van der Waals surface area contributed by atoms with Gasteiger partial charge in [0, 0.05) is 44.8 Å². The van der Waals surface area contributed by atoms with E-state index in [1.54, 1.807) is 0 Å². The van der Waals surface area contributed by atoms with Crippen LogP contribution in [0.15, 0.2) is 4.99 Å². The molecule has 0 saturated carbocycles. The minimum Gasteiger partial charge on any atom is -0.381 e. The van der Waals surface area contributed by atoms with E-state index < -0.39 is 0 Å². The van der Waals surface area contributed by atoms with Gasteiger partial charge in [-0.2, -0.15) is 0 Å². The summed E-state index contributed by atoms with van der Waals surface area (Å²) in [5, 5.41) is 3.46. The smallest absolute Gasteiger partial charge is 0.193 e. The minimum atomic E-state index is 0.305. The van der Waals surface area contributed by atoms with Gasteiger partial charge in [-0.05, 0) is 39.0 Å². The summed E-state index contributed by atoms with van der Waals surface area (Å²) >= 11 is 0. The fourth-order valence-corrected chi connectivity index (χ4v) is 3.63. The first kappa shape index (κ1) is 18.5. The molecule has 0 radical (unpaired) electrons. The summed E-state index contributed by atoms with van der Waals surface area (Å²) in [4.78, 5) is 7.29. The number of rotatable bonds is 7. The van der Waals surface area contributed by atoms with Gasteiger partial charge in [-0.3, -0.25) is 4.99 Å². The quantitative estimate of drug-likeness (QED) is 0.577. The Kier molecular flexibility index (Phi) is 7.15. The lowest BCUT2D eigenvalue weighted by Gasteiger charge is -2.25. The summed E-state index contributed by atoms with van der Waals surface area (Å²) in [7, 11) is 0. The minimum absolute atomic E-state index is 0.305. The van der Waals surface area contributed by atoms with Crippen molar-refractivity contribution in [3.63, 3.8) is 0 Å². The molecule has 2 saturated heterocycles. The molecule has 2 atom stereocenters. The first-order valence-corrected chi connectivity index (χ1v) is 9.33. The van der Waals surface area contributed by atoms with Crippen LogP contribution in [-0.4, -0.2) is 63.0 Å². The fourth-order valence-electron chi connectivity index (χ4n) is 3.63. The molecule has 2 unspecified atom stereocenters. The van der Waals surface area contributed by atoms with Crippen molar-refractivity contribution in [2.45, 2.75) is 53.1 Å². The zero-order valence-electron chi connectivity index (χ0n) is 15.4. The number of nitrogens with zero attached hydrogens (tertiary/aromatic N) is 2.